The SMILES string of the molecule is CCOC(=O)c1sc2ncnc(N[C@@H](C)C(=O)O)c2c1C. The highest BCUT2D eigenvalue weighted by molar-refractivity contribution is 7.20. The molecule has 2 aromatic heterocycles. The van der Waals surface area contributed by atoms with Gasteiger partial charge in [-0.25, -0.2) is 14.8 Å². The van der Waals surface area contributed by atoms with E-state index < -0.39 is 18.0 Å². The summed E-state index contributed by atoms with van der Waals surface area (Å²) in [7, 11) is 0. The number of thiophene rings is 1. The van der Waals surface area contributed by atoms with Crippen LogP contribution in [0.2, 0.25) is 0 Å². The third-order valence-electron chi connectivity index (χ3n) is 2.91. The topological polar surface area (TPSA) is 101 Å². The first kappa shape index (κ1) is 15.2. The number of carbonyl (C=O) groups is 2. The van der Waals surface area contributed by atoms with Gasteiger partial charge in [0.25, 0.3) is 0 Å². The van der Waals surface area contributed by atoms with E-state index in [1.54, 1.807) is 13.8 Å². The molecule has 2 aromatic rings. The van der Waals surface area contributed by atoms with Gasteiger partial charge in [0.15, 0.2) is 0 Å². The molecule has 0 unspecified atom stereocenters. The molecule has 7 nitrogen and oxygen atoms in total. The molecule has 21 heavy (non-hydrogen) atoms. The van der Waals surface area contributed by atoms with E-state index in [0.29, 0.717) is 33.1 Å². The first-order valence-electron chi connectivity index (χ1n) is 6.36. The Bertz CT molecular complexity index is 698. The Kier molecular flexibility index (Phi) is 4.37. The number of aromatic nitrogens is 2. The Balaban J connectivity index is 2.49. The van der Waals surface area contributed by atoms with Crippen LogP contribution in [0.25, 0.3) is 10.2 Å². The Morgan fingerprint density at radius 1 is 1.48 bits per heavy atom. The van der Waals surface area contributed by atoms with Gasteiger partial charge in [0, 0.05) is 0 Å². The number of anilines is 1. The molecular formula is C13H15N3O4S. The minimum absolute atomic E-state index is 0.291. The molecule has 2 rings (SSSR count). The summed E-state index contributed by atoms with van der Waals surface area (Å²) >= 11 is 1.21. The van der Waals surface area contributed by atoms with Crippen molar-refractivity contribution in [3.8, 4) is 0 Å². The zero-order valence-electron chi connectivity index (χ0n) is 11.8. The summed E-state index contributed by atoms with van der Waals surface area (Å²) in [5.74, 6) is -0.991. The second-order valence-corrected chi connectivity index (χ2v) is 5.38. The molecule has 0 bridgehead atoms. The highest BCUT2D eigenvalue weighted by Crippen LogP contribution is 2.33. The number of carboxylic acid groups (broad SMARTS) is 1. The van der Waals surface area contributed by atoms with Gasteiger partial charge < -0.3 is 15.2 Å². The Morgan fingerprint density at radius 2 is 2.19 bits per heavy atom. The molecule has 0 saturated carbocycles. The van der Waals surface area contributed by atoms with Gasteiger partial charge in [-0.15, -0.1) is 11.3 Å². The van der Waals surface area contributed by atoms with Gasteiger partial charge in [0.2, 0.25) is 0 Å². The van der Waals surface area contributed by atoms with Crippen molar-refractivity contribution in [1.29, 1.82) is 0 Å². The maximum atomic E-state index is 11.9. The summed E-state index contributed by atoms with van der Waals surface area (Å²) in [4.78, 5) is 32.1. The van der Waals surface area contributed by atoms with Crippen molar-refractivity contribution in [1.82, 2.24) is 9.97 Å². The van der Waals surface area contributed by atoms with Crippen molar-refractivity contribution in [2.45, 2.75) is 26.8 Å². The van der Waals surface area contributed by atoms with Crippen LogP contribution in [0.3, 0.4) is 0 Å². The van der Waals surface area contributed by atoms with Crippen LogP contribution in [0.4, 0.5) is 5.82 Å². The molecule has 2 heterocycles. The number of carboxylic acids is 1. The number of hydrogen-bond donors (Lipinski definition) is 2. The zero-order chi connectivity index (χ0) is 15.6. The van der Waals surface area contributed by atoms with Crippen molar-refractivity contribution in [3.05, 3.63) is 16.8 Å². The van der Waals surface area contributed by atoms with Crippen LogP contribution in [0.5, 0.6) is 0 Å². The van der Waals surface area contributed by atoms with E-state index in [-0.39, 0.29) is 0 Å². The number of ether oxygens (including phenoxy) is 1. The molecule has 0 aliphatic rings. The summed E-state index contributed by atoms with van der Waals surface area (Å²) in [6, 6.07) is -0.798. The molecular weight excluding hydrogens is 294 g/mol. The lowest BCUT2D eigenvalue weighted by Crippen LogP contribution is -2.26. The van der Waals surface area contributed by atoms with Crippen molar-refractivity contribution in [2.75, 3.05) is 11.9 Å². The van der Waals surface area contributed by atoms with Gasteiger partial charge in [-0.3, -0.25) is 4.79 Å². The number of carbonyl (C=O) groups excluding carboxylic acids is 1. The normalized spacial score (nSPS) is 12.1. The van der Waals surface area contributed by atoms with Crippen molar-refractivity contribution in [3.63, 3.8) is 0 Å². The third-order valence-corrected chi connectivity index (χ3v) is 4.09. The average Bonchev–Trinajstić information content (AvgIpc) is 2.77. The summed E-state index contributed by atoms with van der Waals surface area (Å²) in [5, 5.41) is 12.4. The Morgan fingerprint density at radius 3 is 2.81 bits per heavy atom. The monoisotopic (exact) mass is 309 g/mol. The number of fused-ring (bicyclic) bond motifs is 1. The zero-order valence-corrected chi connectivity index (χ0v) is 12.7. The smallest absolute Gasteiger partial charge is 0.348 e. The molecule has 0 amide bonds. The second kappa shape index (κ2) is 6.04. The molecule has 1 atom stereocenters. The number of aliphatic carboxylic acids is 1. The van der Waals surface area contributed by atoms with E-state index in [1.165, 1.54) is 24.6 Å². The largest absolute Gasteiger partial charge is 0.480 e. The lowest BCUT2D eigenvalue weighted by Gasteiger charge is -2.10. The van der Waals surface area contributed by atoms with Crippen molar-refractivity contribution < 1.29 is 19.4 Å². The number of nitrogens with zero attached hydrogens (tertiary/aromatic N) is 2. The molecule has 0 radical (unpaired) electrons. The van der Waals surface area contributed by atoms with E-state index in [0.717, 1.165) is 0 Å². The number of aryl methyl sites for hydroxylation is 1. The van der Waals surface area contributed by atoms with E-state index in [1.807, 2.05) is 0 Å². The summed E-state index contributed by atoms with van der Waals surface area (Å²) in [6.07, 6.45) is 1.34. The van der Waals surface area contributed by atoms with Crippen LogP contribution in [0.1, 0.15) is 29.1 Å². The first-order chi connectivity index (χ1) is 9.95. The molecule has 0 aliphatic heterocycles. The maximum Gasteiger partial charge on any atom is 0.348 e. The summed E-state index contributed by atoms with van der Waals surface area (Å²) in [5.41, 5.74) is 0.689. The molecule has 2 N–H and O–H groups in total. The molecule has 0 saturated heterocycles. The van der Waals surface area contributed by atoms with Gasteiger partial charge in [-0.1, -0.05) is 0 Å². The summed E-state index contributed by atoms with van der Waals surface area (Å²) < 4.78 is 5.01. The fraction of sp³-hybridized carbons (Fsp3) is 0.385. The highest BCUT2D eigenvalue weighted by atomic mass is 32.1. The van der Waals surface area contributed by atoms with E-state index in [9.17, 15) is 9.59 Å². The van der Waals surface area contributed by atoms with Crippen LogP contribution < -0.4 is 5.32 Å². The van der Waals surface area contributed by atoms with Crippen LogP contribution >= 0.6 is 11.3 Å². The molecule has 0 fully saturated rings. The molecule has 0 aromatic carbocycles. The fourth-order valence-electron chi connectivity index (χ4n) is 1.84. The lowest BCUT2D eigenvalue weighted by atomic mass is 10.2. The van der Waals surface area contributed by atoms with Gasteiger partial charge in [0.1, 0.15) is 27.9 Å². The predicted molar refractivity (Wildman–Crippen MR) is 78.8 cm³/mol. The van der Waals surface area contributed by atoms with E-state index >= 15 is 0 Å². The number of hydrogen-bond acceptors (Lipinski definition) is 7. The Labute approximate surface area is 125 Å². The minimum Gasteiger partial charge on any atom is -0.480 e. The second-order valence-electron chi connectivity index (χ2n) is 4.38. The van der Waals surface area contributed by atoms with Crippen LogP contribution in [0.15, 0.2) is 6.33 Å². The van der Waals surface area contributed by atoms with E-state index in [4.69, 9.17) is 9.84 Å². The van der Waals surface area contributed by atoms with Crippen LogP contribution in [-0.4, -0.2) is 39.7 Å². The molecule has 0 aliphatic carbocycles. The molecule has 8 heteroatoms. The van der Waals surface area contributed by atoms with Gasteiger partial charge in [-0.2, -0.15) is 0 Å². The van der Waals surface area contributed by atoms with Crippen LogP contribution in [0, 0.1) is 6.92 Å². The molecule has 0 spiro atoms. The number of esters is 1. The van der Waals surface area contributed by atoms with Crippen LogP contribution in [-0.2, 0) is 9.53 Å². The molecule has 112 valence electrons. The third kappa shape index (κ3) is 2.94. The number of rotatable bonds is 5. The highest BCUT2D eigenvalue weighted by Gasteiger charge is 2.21. The van der Waals surface area contributed by atoms with E-state index in [2.05, 4.69) is 15.3 Å². The quantitative estimate of drug-likeness (QED) is 0.815. The first-order valence-corrected chi connectivity index (χ1v) is 7.17. The van der Waals surface area contributed by atoms with Gasteiger partial charge in [-0.05, 0) is 26.3 Å². The Hall–Kier alpha value is -2.22. The maximum absolute atomic E-state index is 11.9. The standard InChI is InChI=1S/C13H15N3O4S/c1-4-20-13(19)9-6(2)8-10(16-7(3)12(17)18)14-5-15-11(8)21-9/h5,7H,4H2,1-3H3,(H,17,18)(H,14,15,16)/t7-/m0/s1. The van der Waals surface area contributed by atoms with Gasteiger partial charge >= 0.3 is 11.9 Å². The average molecular weight is 309 g/mol. The number of nitrogens with one attached hydrogen (secondary N) is 1. The minimum atomic E-state index is -0.986. The van der Waals surface area contributed by atoms with Crippen molar-refractivity contribution in [2.24, 2.45) is 0 Å². The summed E-state index contributed by atoms with van der Waals surface area (Å²) in [6.45, 7) is 5.32. The van der Waals surface area contributed by atoms with Crippen molar-refractivity contribution >= 4 is 39.3 Å². The fourth-order valence-corrected chi connectivity index (χ4v) is 2.88. The lowest BCUT2D eigenvalue weighted by molar-refractivity contribution is -0.137. The van der Waals surface area contributed by atoms with Gasteiger partial charge in [0.05, 0.1) is 12.0 Å². The predicted octanol–water partition coefficient (Wildman–Crippen LogP) is 2.06.